The first kappa shape index (κ1) is 12.3. The zero-order valence-corrected chi connectivity index (χ0v) is 10.4. The third-order valence-corrected chi connectivity index (χ3v) is 3.54. The smallest absolute Gasteiger partial charge is 0.156 e. The van der Waals surface area contributed by atoms with E-state index < -0.39 is 0 Å². The van der Waals surface area contributed by atoms with Crippen molar-refractivity contribution in [2.45, 2.75) is 32.1 Å². The van der Waals surface area contributed by atoms with Gasteiger partial charge in [0.2, 0.25) is 0 Å². The number of nitrogens with zero attached hydrogens (tertiary/aromatic N) is 2. The van der Waals surface area contributed by atoms with Gasteiger partial charge in [0, 0.05) is 6.54 Å². The second-order valence-corrected chi connectivity index (χ2v) is 4.79. The van der Waals surface area contributed by atoms with Gasteiger partial charge in [-0.2, -0.15) is 0 Å². The second kappa shape index (κ2) is 5.96. The number of aromatic nitrogens is 2. The van der Waals surface area contributed by atoms with Gasteiger partial charge in [0.15, 0.2) is 6.29 Å². The number of hydrogen-bond donors (Lipinski definition) is 1. The molecule has 0 bridgehead atoms. The molecule has 4 nitrogen and oxygen atoms in total. The molecule has 1 aromatic heterocycles. The van der Waals surface area contributed by atoms with Crippen molar-refractivity contribution in [1.29, 1.82) is 0 Å². The van der Waals surface area contributed by atoms with Crippen molar-refractivity contribution in [3.05, 3.63) is 17.0 Å². The molecular formula is C12H16ClN3O. The van der Waals surface area contributed by atoms with Crippen LogP contribution in [-0.4, -0.2) is 22.8 Å². The van der Waals surface area contributed by atoms with Crippen LogP contribution in [0.5, 0.6) is 0 Å². The van der Waals surface area contributed by atoms with Gasteiger partial charge in [-0.25, -0.2) is 9.97 Å². The Hall–Kier alpha value is -1.16. The van der Waals surface area contributed by atoms with Gasteiger partial charge in [-0.15, -0.1) is 0 Å². The van der Waals surface area contributed by atoms with Gasteiger partial charge in [-0.05, 0) is 18.8 Å². The summed E-state index contributed by atoms with van der Waals surface area (Å²) in [4.78, 5) is 18.7. The van der Waals surface area contributed by atoms with E-state index in [1.54, 1.807) is 0 Å². The molecule has 1 heterocycles. The third-order valence-electron chi connectivity index (χ3n) is 3.24. The summed E-state index contributed by atoms with van der Waals surface area (Å²) in [5, 5.41) is 3.42. The lowest BCUT2D eigenvalue weighted by Gasteiger charge is -2.22. The molecule has 1 saturated carbocycles. The summed E-state index contributed by atoms with van der Waals surface area (Å²) in [7, 11) is 0. The van der Waals surface area contributed by atoms with Crippen molar-refractivity contribution >= 4 is 23.7 Å². The van der Waals surface area contributed by atoms with E-state index in [1.165, 1.54) is 38.4 Å². The van der Waals surface area contributed by atoms with Gasteiger partial charge >= 0.3 is 0 Å². The average molecular weight is 254 g/mol. The van der Waals surface area contributed by atoms with Gasteiger partial charge in [0.1, 0.15) is 17.3 Å². The first-order chi connectivity index (χ1) is 8.31. The molecule has 0 radical (unpaired) electrons. The van der Waals surface area contributed by atoms with Crippen LogP contribution in [0.1, 0.15) is 42.5 Å². The summed E-state index contributed by atoms with van der Waals surface area (Å²) in [6.45, 7) is 0.855. The Morgan fingerprint density at radius 3 is 2.82 bits per heavy atom. The molecule has 0 saturated heterocycles. The predicted octanol–water partition coefficient (Wildman–Crippen LogP) is 2.93. The molecule has 0 amide bonds. The van der Waals surface area contributed by atoms with E-state index in [2.05, 4.69) is 15.3 Å². The topological polar surface area (TPSA) is 54.9 Å². The Bertz CT molecular complexity index is 391. The van der Waals surface area contributed by atoms with Crippen LogP contribution in [0.2, 0.25) is 5.15 Å². The van der Waals surface area contributed by atoms with E-state index in [0.29, 0.717) is 23.6 Å². The molecule has 92 valence electrons. The van der Waals surface area contributed by atoms with Crippen LogP contribution in [0, 0.1) is 5.92 Å². The Balaban J connectivity index is 1.98. The molecule has 2 rings (SSSR count). The molecule has 17 heavy (non-hydrogen) atoms. The highest BCUT2D eigenvalue weighted by atomic mass is 35.5. The van der Waals surface area contributed by atoms with Crippen LogP contribution in [0.3, 0.4) is 0 Å². The Kier molecular flexibility index (Phi) is 4.31. The molecule has 0 unspecified atom stereocenters. The molecule has 1 fully saturated rings. The Morgan fingerprint density at radius 1 is 1.35 bits per heavy atom. The number of aldehydes is 1. The third kappa shape index (κ3) is 3.16. The van der Waals surface area contributed by atoms with Crippen LogP contribution >= 0.6 is 11.6 Å². The van der Waals surface area contributed by atoms with Crippen LogP contribution < -0.4 is 5.32 Å². The lowest BCUT2D eigenvalue weighted by atomic mass is 9.89. The number of nitrogens with one attached hydrogen (secondary N) is 1. The van der Waals surface area contributed by atoms with E-state index in [-0.39, 0.29) is 5.15 Å². The monoisotopic (exact) mass is 253 g/mol. The van der Waals surface area contributed by atoms with Gasteiger partial charge in [-0.3, -0.25) is 4.79 Å². The molecule has 0 atom stereocenters. The highest BCUT2D eigenvalue weighted by molar-refractivity contribution is 6.32. The highest BCUT2D eigenvalue weighted by Gasteiger charge is 2.15. The predicted molar refractivity (Wildman–Crippen MR) is 67.5 cm³/mol. The molecule has 0 aromatic carbocycles. The molecule has 0 aliphatic heterocycles. The van der Waals surface area contributed by atoms with Gasteiger partial charge in [0.05, 0.1) is 5.56 Å². The molecule has 1 aliphatic carbocycles. The number of carbonyl (C=O) groups is 1. The summed E-state index contributed by atoms with van der Waals surface area (Å²) in [5.41, 5.74) is 0.352. The Morgan fingerprint density at radius 2 is 2.12 bits per heavy atom. The summed E-state index contributed by atoms with van der Waals surface area (Å²) in [5.74, 6) is 1.22. The van der Waals surface area contributed by atoms with Crippen LogP contribution in [0.25, 0.3) is 0 Å². The molecule has 1 aromatic rings. The van der Waals surface area contributed by atoms with E-state index >= 15 is 0 Å². The first-order valence-electron chi connectivity index (χ1n) is 6.01. The van der Waals surface area contributed by atoms with Gasteiger partial charge < -0.3 is 5.32 Å². The fourth-order valence-electron chi connectivity index (χ4n) is 2.25. The maximum atomic E-state index is 10.9. The normalized spacial score (nSPS) is 16.8. The minimum Gasteiger partial charge on any atom is -0.369 e. The van der Waals surface area contributed by atoms with Gasteiger partial charge in [0.25, 0.3) is 0 Å². The van der Waals surface area contributed by atoms with E-state index in [9.17, 15) is 4.79 Å². The lowest BCUT2D eigenvalue weighted by molar-refractivity contribution is 0.112. The van der Waals surface area contributed by atoms with Crippen molar-refractivity contribution in [2.75, 3.05) is 11.9 Å². The minimum atomic E-state index is 0.209. The van der Waals surface area contributed by atoms with E-state index in [4.69, 9.17) is 11.6 Å². The van der Waals surface area contributed by atoms with Crippen LogP contribution in [0.15, 0.2) is 6.33 Å². The fourth-order valence-corrected chi connectivity index (χ4v) is 2.43. The Labute approximate surface area is 106 Å². The minimum absolute atomic E-state index is 0.209. The van der Waals surface area contributed by atoms with Crippen molar-refractivity contribution in [1.82, 2.24) is 9.97 Å². The summed E-state index contributed by atoms with van der Waals surface area (Å²) in [6, 6.07) is 0. The highest BCUT2D eigenvalue weighted by Crippen LogP contribution is 2.24. The maximum Gasteiger partial charge on any atom is 0.156 e. The largest absolute Gasteiger partial charge is 0.369 e. The fraction of sp³-hybridized carbons (Fsp3) is 0.583. The van der Waals surface area contributed by atoms with Crippen molar-refractivity contribution < 1.29 is 4.79 Å². The number of anilines is 1. The zero-order valence-electron chi connectivity index (χ0n) is 9.66. The standard InChI is InChI=1S/C12H16ClN3O/c13-11-10(7-17)12(16-8-15-11)14-6-9-4-2-1-3-5-9/h7-9H,1-6H2,(H,14,15,16). The number of rotatable bonds is 4. The molecule has 0 spiro atoms. The number of carbonyl (C=O) groups excluding carboxylic acids is 1. The summed E-state index contributed by atoms with van der Waals surface area (Å²) < 4.78 is 0. The maximum absolute atomic E-state index is 10.9. The molecule has 1 N–H and O–H groups in total. The van der Waals surface area contributed by atoms with Crippen molar-refractivity contribution in [3.8, 4) is 0 Å². The summed E-state index contributed by atoms with van der Waals surface area (Å²) in [6.07, 6.45) is 8.53. The number of halogens is 1. The SMILES string of the molecule is O=Cc1c(Cl)ncnc1NCC1CCCCC1. The lowest BCUT2D eigenvalue weighted by Crippen LogP contribution is -2.18. The first-order valence-corrected chi connectivity index (χ1v) is 6.38. The van der Waals surface area contributed by atoms with Crippen molar-refractivity contribution in [3.63, 3.8) is 0 Å². The summed E-state index contributed by atoms with van der Waals surface area (Å²) >= 11 is 5.83. The van der Waals surface area contributed by atoms with Crippen molar-refractivity contribution in [2.24, 2.45) is 5.92 Å². The van der Waals surface area contributed by atoms with E-state index in [1.807, 2.05) is 0 Å². The second-order valence-electron chi connectivity index (χ2n) is 4.43. The van der Waals surface area contributed by atoms with Gasteiger partial charge in [-0.1, -0.05) is 30.9 Å². The van der Waals surface area contributed by atoms with E-state index in [0.717, 1.165) is 6.54 Å². The molecular weight excluding hydrogens is 238 g/mol. The average Bonchev–Trinajstić information content (AvgIpc) is 2.37. The number of hydrogen-bond acceptors (Lipinski definition) is 4. The van der Waals surface area contributed by atoms with Crippen LogP contribution in [-0.2, 0) is 0 Å². The molecule has 1 aliphatic rings. The quantitative estimate of drug-likeness (QED) is 0.662. The zero-order chi connectivity index (χ0) is 12.1. The van der Waals surface area contributed by atoms with Crippen LogP contribution in [0.4, 0.5) is 5.82 Å². The molecule has 5 heteroatoms.